The molecule has 0 aliphatic carbocycles. The van der Waals surface area contributed by atoms with Gasteiger partial charge in [-0.2, -0.15) is 5.10 Å². The van der Waals surface area contributed by atoms with Crippen LogP contribution >= 0.6 is 0 Å². The topological polar surface area (TPSA) is 64.4 Å². The van der Waals surface area contributed by atoms with Gasteiger partial charge in [-0.1, -0.05) is 20.8 Å². The summed E-state index contributed by atoms with van der Waals surface area (Å²) in [7, 11) is 0. The van der Waals surface area contributed by atoms with Gasteiger partial charge in [-0.15, -0.1) is 0 Å². The average molecular weight is 319 g/mol. The van der Waals surface area contributed by atoms with Crippen molar-refractivity contribution in [3.8, 4) is 0 Å². The van der Waals surface area contributed by atoms with E-state index in [4.69, 9.17) is 4.74 Å². The Kier molecular flexibility index (Phi) is 4.27. The average Bonchev–Trinajstić information content (AvgIpc) is 2.96. The Bertz CT molecular complexity index is 635. The van der Waals surface area contributed by atoms with E-state index >= 15 is 0 Å². The highest BCUT2D eigenvalue weighted by molar-refractivity contribution is 5.80. The Morgan fingerprint density at radius 2 is 2.09 bits per heavy atom. The van der Waals surface area contributed by atoms with E-state index < -0.39 is 0 Å². The van der Waals surface area contributed by atoms with Crippen LogP contribution in [0.15, 0.2) is 16.9 Å². The van der Waals surface area contributed by atoms with Crippen molar-refractivity contribution in [1.82, 2.24) is 14.7 Å². The molecule has 3 rings (SSSR count). The number of likely N-dealkylation sites (tertiary alicyclic amines) is 1. The van der Waals surface area contributed by atoms with Crippen molar-refractivity contribution in [2.24, 2.45) is 11.8 Å². The fraction of sp³-hybridized carbons (Fsp3) is 0.706. The number of aromatic nitrogens is 2. The molecule has 1 aromatic rings. The van der Waals surface area contributed by atoms with Crippen molar-refractivity contribution >= 4 is 5.91 Å². The van der Waals surface area contributed by atoms with Crippen LogP contribution in [-0.2, 0) is 21.5 Å². The molecule has 1 atom stereocenters. The summed E-state index contributed by atoms with van der Waals surface area (Å²) < 4.78 is 6.82. The van der Waals surface area contributed by atoms with Crippen LogP contribution in [0, 0.1) is 11.8 Å². The van der Waals surface area contributed by atoms with E-state index in [1.807, 2.05) is 4.90 Å². The molecule has 2 aliphatic heterocycles. The van der Waals surface area contributed by atoms with Gasteiger partial charge in [0.25, 0.3) is 5.56 Å². The third-order valence-corrected chi connectivity index (χ3v) is 4.61. The molecule has 0 spiro atoms. The molecule has 0 bridgehead atoms. The van der Waals surface area contributed by atoms with Gasteiger partial charge in [0.1, 0.15) is 0 Å². The molecular formula is C17H25N3O3. The standard InChI is InChI=1S/C17H25N3O3/c1-17(2,3)14-4-5-15(21)20(18-14)10-12-8-19(9-12)16(22)13-6-7-23-11-13/h4-5,12-13H,6-11H2,1-3H3. The number of hydrogen-bond acceptors (Lipinski definition) is 4. The van der Waals surface area contributed by atoms with Gasteiger partial charge in [0.05, 0.1) is 24.8 Å². The molecule has 0 aromatic carbocycles. The van der Waals surface area contributed by atoms with Crippen molar-refractivity contribution < 1.29 is 9.53 Å². The number of carbonyl (C=O) groups is 1. The second kappa shape index (κ2) is 6.07. The fourth-order valence-corrected chi connectivity index (χ4v) is 3.08. The van der Waals surface area contributed by atoms with Crippen LogP contribution in [-0.4, -0.2) is 46.9 Å². The molecule has 6 nitrogen and oxygen atoms in total. The van der Waals surface area contributed by atoms with Crippen molar-refractivity contribution in [1.29, 1.82) is 0 Å². The zero-order valence-electron chi connectivity index (χ0n) is 14.1. The molecule has 23 heavy (non-hydrogen) atoms. The third kappa shape index (κ3) is 3.47. The van der Waals surface area contributed by atoms with Gasteiger partial charge < -0.3 is 9.64 Å². The SMILES string of the molecule is CC(C)(C)c1ccc(=O)n(CC2CN(C(=O)C3CCOC3)C2)n1. The predicted molar refractivity (Wildman–Crippen MR) is 86.2 cm³/mol. The molecule has 126 valence electrons. The highest BCUT2D eigenvalue weighted by atomic mass is 16.5. The predicted octanol–water partition coefficient (Wildman–Crippen LogP) is 1.04. The molecule has 1 unspecified atom stereocenters. The minimum atomic E-state index is -0.0838. The molecule has 0 saturated carbocycles. The van der Waals surface area contributed by atoms with Crippen LogP contribution in [0.3, 0.4) is 0 Å². The highest BCUT2D eigenvalue weighted by Gasteiger charge is 2.36. The zero-order valence-corrected chi connectivity index (χ0v) is 14.1. The highest BCUT2D eigenvalue weighted by Crippen LogP contribution is 2.23. The maximum Gasteiger partial charge on any atom is 0.266 e. The van der Waals surface area contributed by atoms with Crippen molar-refractivity contribution in [3.63, 3.8) is 0 Å². The Labute approximate surface area is 136 Å². The maximum atomic E-state index is 12.2. The summed E-state index contributed by atoms with van der Waals surface area (Å²) >= 11 is 0. The summed E-state index contributed by atoms with van der Waals surface area (Å²) in [6.07, 6.45) is 0.828. The maximum absolute atomic E-state index is 12.2. The van der Waals surface area contributed by atoms with E-state index in [-0.39, 0.29) is 22.8 Å². The summed E-state index contributed by atoms with van der Waals surface area (Å²) in [5.74, 6) is 0.533. The van der Waals surface area contributed by atoms with Gasteiger partial charge in [0, 0.05) is 37.1 Å². The quantitative estimate of drug-likeness (QED) is 0.835. The summed E-state index contributed by atoms with van der Waals surface area (Å²) in [5, 5.41) is 4.49. The van der Waals surface area contributed by atoms with Gasteiger partial charge in [0.15, 0.2) is 0 Å². The number of carbonyl (C=O) groups excluding carboxylic acids is 1. The van der Waals surface area contributed by atoms with E-state index in [9.17, 15) is 9.59 Å². The van der Waals surface area contributed by atoms with Crippen molar-refractivity contribution in [3.05, 3.63) is 28.2 Å². The lowest BCUT2D eigenvalue weighted by Crippen LogP contribution is -2.54. The van der Waals surface area contributed by atoms with Crippen LogP contribution in [0.25, 0.3) is 0 Å². The summed E-state index contributed by atoms with van der Waals surface area (Å²) in [5.41, 5.74) is 0.749. The van der Waals surface area contributed by atoms with Gasteiger partial charge in [0.2, 0.25) is 5.91 Å². The lowest BCUT2D eigenvalue weighted by molar-refractivity contribution is -0.142. The Hall–Kier alpha value is -1.69. The zero-order chi connectivity index (χ0) is 16.6. The second-order valence-electron chi connectivity index (χ2n) is 7.66. The van der Waals surface area contributed by atoms with Crippen LogP contribution in [0.1, 0.15) is 32.9 Å². The van der Waals surface area contributed by atoms with E-state index in [0.717, 1.165) is 12.1 Å². The van der Waals surface area contributed by atoms with E-state index in [0.29, 0.717) is 38.8 Å². The van der Waals surface area contributed by atoms with Gasteiger partial charge >= 0.3 is 0 Å². The van der Waals surface area contributed by atoms with Gasteiger partial charge in [-0.05, 0) is 12.5 Å². The number of amides is 1. The third-order valence-electron chi connectivity index (χ3n) is 4.61. The lowest BCUT2D eigenvalue weighted by atomic mass is 9.92. The van der Waals surface area contributed by atoms with Gasteiger partial charge in [-0.3, -0.25) is 9.59 Å². The molecule has 6 heteroatoms. The largest absolute Gasteiger partial charge is 0.381 e. The van der Waals surface area contributed by atoms with Crippen LogP contribution in [0.4, 0.5) is 0 Å². The minimum Gasteiger partial charge on any atom is -0.381 e. The molecule has 0 radical (unpaired) electrons. The summed E-state index contributed by atoms with van der Waals surface area (Å²) in [6, 6.07) is 3.39. The summed E-state index contributed by atoms with van der Waals surface area (Å²) in [4.78, 5) is 26.1. The first kappa shape index (κ1) is 16.2. The van der Waals surface area contributed by atoms with Crippen LogP contribution in [0.5, 0.6) is 0 Å². The van der Waals surface area contributed by atoms with Crippen molar-refractivity contribution in [2.75, 3.05) is 26.3 Å². The minimum absolute atomic E-state index is 0.0287. The number of rotatable bonds is 3. The number of hydrogen-bond donors (Lipinski definition) is 0. The van der Waals surface area contributed by atoms with E-state index in [2.05, 4.69) is 25.9 Å². The Morgan fingerprint density at radius 1 is 1.35 bits per heavy atom. The molecule has 1 aromatic heterocycles. The Balaban J connectivity index is 1.59. The fourth-order valence-electron chi connectivity index (χ4n) is 3.08. The normalized spacial score (nSPS) is 22.2. The monoisotopic (exact) mass is 319 g/mol. The van der Waals surface area contributed by atoms with E-state index in [1.165, 1.54) is 0 Å². The summed E-state index contributed by atoms with van der Waals surface area (Å²) in [6.45, 7) is 9.48. The molecule has 3 heterocycles. The first-order valence-corrected chi connectivity index (χ1v) is 8.30. The molecule has 0 N–H and O–H groups in total. The second-order valence-corrected chi connectivity index (χ2v) is 7.66. The van der Waals surface area contributed by atoms with Gasteiger partial charge in [-0.25, -0.2) is 4.68 Å². The van der Waals surface area contributed by atoms with Crippen LogP contribution in [0.2, 0.25) is 0 Å². The number of nitrogens with zero attached hydrogens (tertiary/aromatic N) is 3. The van der Waals surface area contributed by atoms with Crippen LogP contribution < -0.4 is 5.56 Å². The van der Waals surface area contributed by atoms with Crippen molar-refractivity contribution in [2.45, 2.75) is 39.2 Å². The molecule has 2 fully saturated rings. The smallest absolute Gasteiger partial charge is 0.266 e. The number of ether oxygens (including phenoxy) is 1. The first-order valence-electron chi connectivity index (χ1n) is 8.30. The molecule has 1 amide bonds. The molecule has 2 saturated heterocycles. The van der Waals surface area contributed by atoms with E-state index in [1.54, 1.807) is 16.8 Å². The first-order chi connectivity index (χ1) is 10.8. The Morgan fingerprint density at radius 3 is 2.70 bits per heavy atom. The molecular weight excluding hydrogens is 294 g/mol. The lowest BCUT2D eigenvalue weighted by Gasteiger charge is -2.40. The molecule has 2 aliphatic rings.